The topological polar surface area (TPSA) is 37.3 Å². The van der Waals surface area contributed by atoms with Gasteiger partial charge in [-0.15, -0.1) is 0 Å². The maximum Gasteiger partial charge on any atom is 0.144 e. The number of carbonyl (C=O) groups is 1. The van der Waals surface area contributed by atoms with Crippen molar-refractivity contribution in [1.29, 1.82) is 0 Å². The molecule has 0 aromatic rings. The minimum absolute atomic E-state index is 0.0993. The summed E-state index contributed by atoms with van der Waals surface area (Å²) in [5.41, 5.74) is -0.988. The van der Waals surface area contributed by atoms with Crippen LogP contribution in [0.1, 0.15) is 59.3 Å². The van der Waals surface area contributed by atoms with Crippen LogP contribution in [0.4, 0.5) is 0 Å². The van der Waals surface area contributed by atoms with Crippen molar-refractivity contribution in [2.45, 2.75) is 64.9 Å². The molecule has 2 heteroatoms. The first-order valence-electron chi connectivity index (χ1n) is 6.60. The number of hydrogen-bond donors (Lipinski definition) is 1. The summed E-state index contributed by atoms with van der Waals surface area (Å²) in [7, 11) is 0. The monoisotopic (exact) mass is 224 g/mol. The van der Waals surface area contributed by atoms with Crippen LogP contribution in [0.3, 0.4) is 0 Å². The highest BCUT2D eigenvalue weighted by atomic mass is 16.3. The quantitative estimate of drug-likeness (QED) is 0.743. The van der Waals surface area contributed by atoms with Crippen LogP contribution in [-0.2, 0) is 4.79 Å². The molecule has 2 aliphatic rings. The van der Waals surface area contributed by atoms with Crippen molar-refractivity contribution in [2.75, 3.05) is 0 Å². The van der Waals surface area contributed by atoms with Gasteiger partial charge in [0.15, 0.2) is 0 Å². The van der Waals surface area contributed by atoms with Crippen molar-refractivity contribution in [3.63, 3.8) is 0 Å². The standard InChI is InChI=1S/C14H24O2/c1-13(2,3)12(15)11-8-10-6-4-5-7-14(11,16)9-10/h10-11,16H,4-9H2,1-3H3/t10?,11-,14?/m0/s1. The molecule has 2 unspecified atom stereocenters. The fraction of sp³-hybridized carbons (Fsp3) is 0.929. The number of ketones is 1. The van der Waals surface area contributed by atoms with E-state index < -0.39 is 5.60 Å². The Labute approximate surface area is 98.4 Å². The number of carbonyl (C=O) groups excluding carboxylic acids is 1. The van der Waals surface area contributed by atoms with Crippen molar-refractivity contribution in [3.05, 3.63) is 0 Å². The predicted molar refractivity (Wildman–Crippen MR) is 64.1 cm³/mol. The zero-order chi connectivity index (χ0) is 12.0. The normalized spacial score (nSPS) is 39.5. The smallest absolute Gasteiger partial charge is 0.144 e. The second-order valence-electron chi connectivity index (χ2n) is 6.82. The van der Waals surface area contributed by atoms with Gasteiger partial charge in [0, 0.05) is 11.3 Å². The van der Waals surface area contributed by atoms with Crippen LogP contribution in [0.15, 0.2) is 0 Å². The summed E-state index contributed by atoms with van der Waals surface area (Å²) in [5.74, 6) is 0.751. The molecule has 0 spiro atoms. The minimum Gasteiger partial charge on any atom is -0.389 e. The molecular weight excluding hydrogens is 200 g/mol. The Hall–Kier alpha value is -0.370. The van der Waals surface area contributed by atoms with Crippen LogP contribution in [-0.4, -0.2) is 16.5 Å². The molecule has 0 aromatic carbocycles. The van der Waals surface area contributed by atoms with Crippen molar-refractivity contribution in [3.8, 4) is 0 Å². The fourth-order valence-electron chi connectivity index (χ4n) is 3.51. The molecule has 0 saturated heterocycles. The van der Waals surface area contributed by atoms with Crippen LogP contribution in [0.5, 0.6) is 0 Å². The Bertz CT molecular complexity index is 290. The van der Waals surface area contributed by atoms with E-state index in [1.165, 1.54) is 12.8 Å². The zero-order valence-corrected chi connectivity index (χ0v) is 10.8. The van der Waals surface area contributed by atoms with Gasteiger partial charge in [-0.1, -0.05) is 40.0 Å². The van der Waals surface area contributed by atoms with Gasteiger partial charge in [-0.25, -0.2) is 0 Å². The van der Waals surface area contributed by atoms with E-state index in [2.05, 4.69) is 0 Å². The maximum absolute atomic E-state index is 12.4. The summed E-state index contributed by atoms with van der Waals surface area (Å²) in [6.45, 7) is 5.90. The SMILES string of the molecule is CC(C)(C)C(=O)[C@@H]1CC2CCCCC1(O)C2. The number of Topliss-reactive ketones (excluding diaryl/α,β-unsaturated/α-hetero) is 1. The van der Waals surface area contributed by atoms with Gasteiger partial charge in [0.25, 0.3) is 0 Å². The van der Waals surface area contributed by atoms with Gasteiger partial charge in [-0.2, -0.15) is 0 Å². The summed E-state index contributed by atoms with van der Waals surface area (Å²) < 4.78 is 0. The molecule has 0 aromatic heterocycles. The summed E-state index contributed by atoms with van der Waals surface area (Å²) in [6.07, 6.45) is 6.13. The molecule has 2 bridgehead atoms. The highest BCUT2D eigenvalue weighted by Crippen LogP contribution is 2.49. The lowest BCUT2D eigenvalue weighted by atomic mass is 9.74. The molecule has 3 atom stereocenters. The van der Waals surface area contributed by atoms with E-state index in [1.807, 2.05) is 20.8 Å². The van der Waals surface area contributed by atoms with Crippen LogP contribution in [0.25, 0.3) is 0 Å². The highest BCUT2D eigenvalue weighted by molar-refractivity contribution is 5.87. The van der Waals surface area contributed by atoms with Crippen LogP contribution >= 0.6 is 0 Å². The molecule has 2 aliphatic carbocycles. The van der Waals surface area contributed by atoms with Crippen LogP contribution in [0.2, 0.25) is 0 Å². The van der Waals surface area contributed by atoms with Crippen molar-refractivity contribution in [2.24, 2.45) is 17.3 Å². The minimum atomic E-state index is -0.675. The number of fused-ring (bicyclic) bond motifs is 2. The lowest BCUT2D eigenvalue weighted by Crippen LogP contribution is -2.42. The molecule has 2 nitrogen and oxygen atoms in total. The maximum atomic E-state index is 12.4. The predicted octanol–water partition coefficient (Wildman–Crippen LogP) is 2.93. The molecule has 92 valence electrons. The highest BCUT2D eigenvalue weighted by Gasteiger charge is 2.51. The fourth-order valence-corrected chi connectivity index (χ4v) is 3.51. The van der Waals surface area contributed by atoms with E-state index in [0.717, 1.165) is 25.7 Å². The molecule has 2 saturated carbocycles. The van der Waals surface area contributed by atoms with Crippen molar-refractivity contribution >= 4 is 5.78 Å². The average Bonchev–Trinajstić information content (AvgIpc) is 2.34. The van der Waals surface area contributed by atoms with Crippen molar-refractivity contribution in [1.82, 2.24) is 0 Å². The lowest BCUT2D eigenvalue weighted by Gasteiger charge is -2.33. The Kier molecular flexibility index (Phi) is 2.90. The third-order valence-corrected chi connectivity index (χ3v) is 4.39. The molecule has 0 radical (unpaired) electrons. The van der Waals surface area contributed by atoms with E-state index in [0.29, 0.717) is 5.92 Å². The van der Waals surface area contributed by atoms with E-state index in [-0.39, 0.29) is 17.1 Å². The molecule has 0 amide bonds. The third kappa shape index (κ3) is 2.04. The van der Waals surface area contributed by atoms with E-state index >= 15 is 0 Å². The summed E-state index contributed by atoms with van der Waals surface area (Å²) in [5, 5.41) is 10.7. The molecular formula is C14H24O2. The summed E-state index contributed by atoms with van der Waals surface area (Å²) in [6, 6.07) is 0. The Balaban J connectivity index is 2.20. The Morgan fingerprint density at radius 3 is 2.62 bits per heavy atom. The number of aliphatic hydroxyl groups is 1. The molecule has 0 heterocycles. The van der Waals surface area contributed by atoms with E-state index in [4.69, 9.17) is 0 Å². The first-order chi connectivity index (χ1) is 7.33. The van der Waals surface area contributed by atoms with Gasteiger partial charge < -0.3 is 5.11 Å². The number of hydrogen-bond acceptors (Lipinski definition) is 2. The average molecular weight is 224 g/mol. The van der Waals surface area contributed by atoms with Crippen LogP contribution in [0, 0.1) is 17.3 Å². The number of rotatable bonds is 1. The van der Waals surface area contributed by atoms with Gasteiger partial charge in [-0.3, -0.25) is 4.79 Å². The molecule has 1 N–H and O–H groups in total. The van der Waals surface area contributed by atoms with Gasteiger partial charge in [0.1, 0.15) is 5.78 Å². The largest absolute Gasteiger partial charge is 0.389 e. The molecule has 16 heavy (non-hydrogen) atoms. The molecule has 2 rings (SSSR count). The van der Waals surface area contributed by atoms with E-state index in [9.17, 15) is 9.90 Å². The summed E-state index contributed by atoms with van der Waals surface area (Å²) >= 11 is 0. The first-order valence-corrected chi connectivity index (χ1v) is 6.60. The Morgan fingerprint density at radius 2 is 2.00 bits per heavy atom. The molecule has 2 fully saturated rings. The zero-order valence-electron chi connectivity index (χ0n) is 10.8. The van der Waals surface area contributed by atoms with Crippen molar-refractivity contribution < 1.29 is 9.90 Å². The van der Waals surface area contributed by atoms with Gasteiger partial charge >= 0.3 is 0 Å². The third-order valence-electron chi connectivity index (χ3n) is 4.39. The first kappa shape index (κ1) is 12.1. The second kappa shape index (κ2) is 3.83. The van der Waals surface area contributed by atoms with Gasteiger partial charge in [-0.05, 0) is 25.2 Å². The van der Waals surface area contributed by atoms with E-state index in [1.54, 1.807) is 0 Å². The molecule has 0 aliphatic heterocycles. The lowest BCUT2D eigenvalue weighted by molar-refractivity contribution is -0.138. The Morgan fingerprint density at radius 1 is 1.31 bits per heavy atom. The summed E-state index contributed by atoms with van der Waals surface area (Å²) in [4.78, 5) is 12.4. The van der Waals surface area contributed by atoms with Gasteiger partial charge in [0.2, 0.25) is 0 Å². The second-order valence-corrected chi connectivity index (χ2v) is 6.82. The van der Waals surface area contributed by atoms with Crippen LogP contribution < -0.4 is 0 Å². The van der Waals surface area contributed by atoms with Gasteiger partial charge in [0.05, 0.1) is 5.60 Å².